The van der Waals surface area contributed by atoms with Gasteiger partial charge in [0, 0.05) is 22.7 Å². The van der Waals surface area contributed by atoms with Crippen LogP contribution in [0.2, 0.25) is 5.02 Å². The molecule has 3 aromatic carbocycles. The Bertz CT molecular complexity index is 1440. The average Bonchev–Trinajstić information content (AvgIpc) is 2.86. The molecule has 0 saturated carbocycles. The van der Waals surface area contributed by atoms with Gasteiger partial charge in [0.05, 0.1) is 10.6 Å². The summed E-state index contributed by atoms with van der Waals surface area (Å²) >= 11 is 5.97. The van der Waals surface area contributed by atoms with Gasteiger partial charge in [-0.15, -0.1) is 0 Å². The van der Waals surface area contributed by atoms with Gasteiger partial charge in [-0.25, -0.2) is 12.8 Å². The van der Waals surface area contributed by atoms with Crippen LogP contribution in [0.5, 0.6) is 0 Å². The number of benzene rings is 3. The topological polar surface area (TPSA) is 86.8 Å². The fourth-order valence-electron chi connectivity index (χ4n) is 3.96. The lowest BCUT2D eigenvalue weighted by Gasteiger charge is -2.33. The van der Waals surface area contributed by atoms with Crippen molar-refractivity contribution in [2.45, 2.75) is 57.6 Å². The molecule has 0 aliphatic carbocycles. The van der Waals surface area contributed by atoms with Gasteiger partial charge in [0.2, 0.25) is 11.8 Å². The molecule has 3 aromatic rings. The number of hydrogen-bond acceptors (Lipinski definition) is 4. The molecule has 0 aromatic heterocycles. The molecule has 0 aliphatic heterocycles. The van der Waals surface area contributed by atoms with Crippen molar-refractivity contribution < 1.29 is 22.4 Å². The van der Waals surface area contributed by atoms with E-state index < -0.39 is 45.8 Å². The molecule has 208 valence electrons. The molecule has 0 saturated heterocycles. The second-order valence-electron chi connectivity index (χ2n) is 10.3. The number of rotatable bonds is 9. The van der Waals surface area contributed by atoms with Gasteiger partial charge in [0.25, 0.3) is 10.0 Å². The number of para-hydroxylation sites is 1. The normalized spacial score (nSPS) is 12.5. The van der Waals surface area contributed by atoms with Crippen LogP contribution in [0, 0.1) is 12.7 Å². The van der Waals surface area contributed by atoms with Gasteiger partial charge in [-0.3, -0.25) is 13.9 Å². The minimum atomic E-state index is -4.23. The number of sulfonamides is 1. The van der Waals surface area contributed by atoms with Crippen molar-refractivity contribution in [3.05, 3.63) is 94.8 Å². The van der Waals surface area contributed by atoms with Crippen LogP contribution >= 0.6 is 11.6 Å². The van der Waals surface area contributed by atoms with Crippen LogP contribution in [-0.2, 0) is 26.2 Å². The number of amides is 2. The van der Waals surface area contributed by atoms with Crippen molar-refractivity contribution >= 4 is 39.1 Å². The lowest BCUT2D eigenvalue weighted by Crippen LogP contribution is -2.54. The summed E-state index contributed by atoms with van der Waals surface area (Å²) in [5.41, 5.74) is 0.549. The van der Waals surface area contributed by atoms with E-state index in [1.54, 1.807) is 58.0 Å². The fraction of sp³-hybridized carbons (Fsp3) is 0.310. The van der Waals surface area contributed by atoms with Crippen LogP contribution in [0.4, 0.5) is 10.1 Å². The van der Waals surface area contributed by atoms with E-state index in [1.165, 1.54) is 54.3 Å². The number of carbonyl (C=O) groups excluding carboxylic acids is 2. The van der Waals surface area contributed by atoms with Crippen LogP contribution in [-0.4, -0.2) is 43.3 Å². The Balaban J connectivity index is 2.06. The largest absolute Gasteiger partial charge is 0.350 e. The zero-order chi connectivity index (χ0) is 29.0. The number of carbonyl (C=O) groups is 2. The Morgan fingerprint density at radius 2 is 1.56 bits per heavy atom. The third-order valence-corrected chi connectivity index (χ3v) is 8.05. The molecule has 10 heteroatoms. The van der Waals surface area contributed by atoms with E-state index in [1.807, 2.05) is 0 Å². The van der Waals surface area contributed by atoms with E-state index in [2.05, 4.69) is 5.32 Å². The van der Waals surface area contributed by atoms with Crippen LogP contribution in [0.25, 0.3) is 0 Å². The monoisotopic (exact) mass is 573 g/mol. The highest BCUT2D eigenvalue weighted by atomic mass is 35.5. The minimum Gasteiger partial charge on any atom is -0.350 e. The molecular formula is C29H33ClFN3O4S. The van der Waals surface area contributed by atoms with Crippen molar-refractivity contribution in [1.29, 1.82) is 0 Å². The molecule has 0 bridgehead atoms. The maximum atomic E-state index is 14.6. The zero-order valence-corrected chi connectivity index (χ0v) is 24.2. The first-order chi connectivity index (χ1) is 18.2. The molecule has 39 heavy (non-hydrogen) atoms. The van der Waals surface area contributed by atoms with E-state index in [9.17, 15) is 22.4 Å². The summed E-state index contributed by atoms with van der Waals surface area (Å²) in [6, 6.07) is 17.3. The standard InChI is InChI=1S/C29H33ClFN3O4S/c1-20-10-6-9-13-26(20)34(39(37,38)24-16-14-23(30)15-17-24)19-27(35)33(18-22-11-7-8-12-25(22)31)21(2)28(36)32-29(3,4)5/h6-17,21H,18-19H2,1-5H3,(H,32,36)/t21-/m1/s1. The highest BCUT2D eigenvalue weighted by Gasteiger charge is 2.34. The summed E-state index contributed by atoms with van der Waals surface area (Å²) in [7, 11) is -4.23. The Labute approximate surface area is 234 Å². The lowest BCUT2D eigenvalue weighted by molar-refractivity contribution is -0.140. The third kappa shape index (κ3) is 7.58. The van der Waals surface area contributed by atoms with Gasteiger partial charge in [-0.1, -0.05) is 48.0 Å². The van der Waals surface area contributed by atoms with Crippen molar-refractivity contribution in [3.63, 3.8) is 0 Å². The molecule has 0 aliphatic rings. The van der Waals surface area contributed by atoms with E-state index >= 15 is 0 Å². The highest BCUT2D eigenvalue weighted by Crippen LogP contribution is 2.28. The molecule has 0 heterocycles. The van der Waals surface area contributed by atoms with Gasteiger partial charge < -0.3 is 10.2 Å². The fourth-order valence-corrected chi connectivity index (χ4v) is 5.56. The first-order valence-electron chi connectivity index (χ1n) is 12.4. The summed E-state index contributed by atoms with van der Waals surface area (Å²) in [5.74, 6) is -1.66. The van der Waals surface area contributed by atoms with Crippen LogP contribution in [0.1, 0.15) is 38.8 Å². The number of anilines is 1. The molecule has 1 atom stereocenters. The summed E-state index contributed by atoms with van der Waals surface area (Å²) in [6.45, 7) is 7.84. The maximum Gasteiger partial charge on any atom is 0.264 e. The molecule has 3 rings (SSSR count). The van der Waals surface area contributed by atoms with Crippen molar-refractivity contribution in [2.24, 2.45) is 0 Å². The summed E-state index contributed by atoms with van der Waals surface area (Å²) in [6.07, 6.45) is 0. The van der Waals surface area contributed by atoms with E-state index in [-0.39, 0.29) is 17.0 Å². The van der Waals surface area contributed by atoms with Crippen molar-refractivity contribution in [3.8, 4) is 0 Å². The molecule has 0 unspecified atom stereocenters. The SMILES string of the molecule is Cc1ccccc1N(CC(=O)N(Cc1ccccc1F)[C@H](C)C(=O)NC(C)(C)C)S(=O)(=O)c1ccc(Cl)cc1. The predicted octanol–water partition coefficient (Wildman–Crippen LogP) is 5.31. The molecule has 7 nitrogen and oxygen atoms in total. The molecule has 0 radical (unpaired) electrons. The molecule has 1 N–H and O–H groups in total. The number of hydrogen-bond donors (Lipinski definition) is 1. The molecule has 2 amide bonds. The van der Waals surface area contributed by atoms with E-state index in [0.29, 0.717) is 16.3 Å². The number of halogens is 2. The van der Waals surface area contributed by atoms with Gasteiger partial charge in [0.15, 0.2) is 0 Å². The second kappa shape index (κ2) is 12.2. The Morgan fingerprint density at radius 1 is 0.974 bits per heavy atom. The Hall–Kier alpha value is -3.43. The van der Waals surface area contributed by atoms with Crippen LogP contribution in [0.15, 0.2) is 77.7 Å². The van der Waals surface area contributed by atoms with Crippen LogP contribution < -0.4 is 9.62 Å². The highest BCUT2D eigenvalue weighted by molar-refractivity contribution is 7.92. The number of nitrogens with zero attached hydrogens (tertiary/aromatic N) is 2. The predicted molar refractivity (Wildman–Crippen MR) is 151 cm³/mol. The zero-order valence-electron chi connectivity index (χ0n) is 22.6. The van der Waals surface area contributed by atoms with Crippen molar-refractivity contribution in [1.82, 2.24) is 10.2 Å². The Kier molecular flexibility index (Phi) is 9.40. The van der Waals surface area contributed by atoms with E-state index in [0.717, 1.165) is 4.31 Å². The van der Waals surface area contributed by atoms with Gasteiger partial charge in [-0.2, -0.15) is 0 Å². The minimum absolute atomic E-state index is 0.0536. The lowest BCUT2D eigenvalue weighted by atomic mass is 10.1. The van der Waals surface area contributed by atoms with Crippen molar-refractivity contribution in [2.75, 3.05) is 10.8 Å². The molecule has 0 fully saturated rings. The van der Waals surface area contributed by atoms with Gasteiger partial charge >= 0.3 is 0 Å². The average molecular weight is 574 g/mol. The first-order valence-corrected chi connectivity index (χ1v) is 14.2. The number of nitrogens with one attached hydrogen (secondary N) is 1. The molecule has 0 spiro atoms. The quantitative estimate of drug-likeness (QED) is 0.376. The van der Waals surface area contributed by atoms with Gasteiger partial charge in [-0.05, 0) is 76.6 Å². The summed E-state index contributed by atoms with van der Waals surface area (Å²) in [5, 5.41) is 3.20. The Morgan fingerprint density at radius 3 is 2.15 bits per heavy atom. The third-order valence-electron chi connectivity index (χ3n) is 6.03. The molecular weight excluding hydrogens is 541 g/mol. The smallest absolute Gasteiger partial charge is 0.264 e. The first kappa shape index (κ1) is 30.1. The summed E-state index contributed by atoms with van der Waals surface area (Å²) < 4.78 is 43.3. The second-order valence-corrected chi connectivity index (χ2v) is 12.6. The maximum absolute atomic E-state index is 14.6. The van der Waals surface area contributed by atoms with Gasteiger partial charge in [0.1, 0.15) is 18.4 Å². The summed E-state index contributed by atoms with van der Waals surface area (Å²) in [4.78, 5) is 28.1. The van der Waals surface area contributed by atoms with E-state index in [4.69, 9.17) is 11.6 Å². The number of aryl methyl sites for hydroxylation is 1. The van der Waals surface area contributed by atoms with Crippen LogP contribution in [0.3, 0.4) is 0 Å².